The molecule has 10 nitrogen and oxygen atoms in total. The Labute approximate surface area is 260 Å². The first-order valence-electron chi connectivity index (χ1n) is 13.6. The van der Waals surface area contributed by atoms with Crippen molar-refractivity contribution in [2.75, 3.05) is 31.1 Å². The summed E-state index contributed by atoms with van der Waals surface area (Å²) in [5, 5.41) is 7.34. The van der Waals surface area contributed by atoms with E-state index in [4.69, 9.17) is 4.74 Å². The SMILES string of the molecule is CS(C)(C)CCOC(=O)[C@H]1[C@H](Cn2nnc3ccc(C(F)(F)F)cc3c2=O)CC[C@@H]1C(=O)c1ccc(OS(=O)(=O)C(F)(F)F)cc1. The van der Waals surface area contributed by atoms with Gasteiger partial charge in [-0.1, -0.05) is 5.21 Å². The van der Waals surface area contributed by atoms with Crippen LogP contribution in [0.2, 0.25) is 0 Å². The van der Waals surface area contributed by atoms with Gasteiger partial charge in [0.2, 0.25) is 0 Å². The van der Waals surface area contributed by atoms with Gasteiger partial charge in [-0.2, -0.15) is 34.8 Å². The zero-order valence-corrected chi connectivity index (χ0v) is 26.2. The van der Waals surface area contributed by atoms with Crippen molar-refractivity contribution in [1.29, 1.82) is 0 Å². The van der Waals surface area contributed by atoms with Crippen LogP contribution in [0.1, 0.15) is 28.8 Å². The Kier molecular flexibility index (Phi) is 9.83. The Bertz CT molecular complexity index is 1790. The van der Waals surface area contributed by atoms with Gasteiger partial charge in [0.1, 0.15) is 11.3 Å². The first kappa shape index (κ1) is 35.2. The number of rotatable bonds is 10. The molecule has 0 unspecified atom stereocenters. The van der Waals surface area contributed by atoms with Gasteiger partial charge in [-0.15, -0.1) is 5.10 Å². The maximum atomic E-state index is 13.6. The maximum Gasteiger partial charge on any atom is 0.534 e. The zero-order chi connectivity index (χ0) is 34.2. The van der Waals surface area contributed by atoms with Gasteiger partial charge in [0.15, 0.2) is 5.78 Å². The maximum absolute atomic E-state index is 13.6. The van der Waals surface area contributed by atoms with Crippen molar-refractivity contribution >= 4 is 42.8 Å². The van der Waals surface area contributed by atoms with E-state index in [-0.39, 0.29) is 42.5 Å². The molecule has 0 amide bonds. The number of benzene rings is 2. The number of Topliss-reactive ketones (excluding diaryl/α,β-unsaturated/α-hetero) is 1. The molecule has 0 aliphatic heterocycles. The highest BCUT2D eigenvalue weighted by Crippen LogP contribution is 2.41. The van der Waals surface area contributed by atoms with E-state index in [0.717, 1.165) is 41.1 Å². The Morgan fingerprint density at radius 2 is 1.63 bits per heavy atom. The van der Waals surface area contributed by atoms with Crippen molar-refractivity contribution < 1.29 is 53.3 Å². The van der Waals surface area contributed by atoms with Gasteiger partial charge in [0.25, 0.3) is 5.56 Å². The molecule has 1 saturated carbocycles. The van der Waals surface area contributed by atoms with E-state index in [9.17, 15) is 49.1 Å². The summed E-state index contributed by atoms with van der Waals surface area (Å²) < 4.78 is 111. The molecule has 1 heterocycles. The van der Waals surface area contributed by atoms with Gasteiger partial charge in [-0.3, -0.25) is 14.4 Å². The van der Waals surface area contributed by atoms with E-state index < -0.39 is 78.2 Å². The largest absolute Gasteiger partial charge is 0.534 e. The van der Waals surface area contributed by atoms with E-state index in [0.29, 0.717) is 11.8 Å². The number of fused-ring (bicyclic) bond motifs is 1. The highest BCUT2D eigenvalue weighted by Gasteiger charge is 2.49. The monoisotopic (exact) mass is 697 g/mol. The van der Waals surface area contributed by atoms with E-state index >= 15 is 0 Å². The van der Waals surface area contributed by atoms with Crippen molar-refractivity contribution in [2.24, 2.45) is 17.8 Å². The quantitative estimate of drug-likeness (QED) is 0.0963. The number of carbonyl (C=O) groups is 2. The lowest BCUT2D eigenvalue weighted by atomic mass is 9.84. The molecular formula is C28H29F6N3O7S2. The van der Waals surface area contributed by atoms with E-state index in [1.165, 1.54) is 0 Å². The average molecular weight is 698 g/mol. The van der Waals surface area contributed by atoms with Crippen LogP contribution in [0.25, 0.3) is 10.9 Å². The number of aromatic nitrogens is 3. The number of ether oxygens (including phenoxy) is 1. The van der Waals surface area contributed by atoms with Crippen molar-refractivity contribution in [3.63, 3.8) is 0 Å². The molecule has 1 aliphatic carbocycles. The lowest BCUT2D eigenvalue weighted by molar-refractivity contribution is -0.150. The summed E-state index contributed by atoms with van der Waals surface area (Å²) in [5.74, 6) is -4.31. The molecule has 4 rings (SSSR count). The minimum absolute atomic E-state index is 0.0530. The summed E-state index contributed by atoms with van der Waals surface area (Å²) in [6.07, 6.45) is 1.65. The number of esters is 1. The lowest BCUT2D eigenvalue weighted by Gasteiger charge is -2.27. The van der Waals surface area contributed by atoms with E-state index in [1.807, 2.05) is 18.8 Å². The third-order valence-electron chi connectivity index (χ3n) is 7.42. The molecule has 18 heteroatoms. The number of carbonyl (C=O) groups excluding carboxylic acids is 2. The molecule has 46 heavy (non-hydrogen) atoms. The van der Waals surface area contributed by atoms with Crippen molar-refractivity contribution in [3.8, 4) is 5.75 Å². The first-order valence-corrected chi connectivity index (χ1v) is 18.0. The number of halogens is 6. The molecule has 0 bridgehead atoms. The Balaban J connectivity index is 1.62. The predicted octanol–water partition coefficient (Wildman–Crippen LogP) is 4.80. The fraction of sp³-hybridized carbons (Fsp3) is 0.464. The van der Waals surface area contributed by atoms with Crippen LogP contribution < -0.4 is 9.74 Å². The molecule has 1 aromatic heterocycles. The van der Waals surface area contributed by atoms with E-state index in [1.54, 1.807) is 0 Å². The van der Waals surface area contributed by atoms with Crippen molar-refractivity contribution in [3.05, 3.63) is 63.9 Å². The molecular weight excluding hydrogens is 668 g/mol. The highest BCUT2D eigenvalue weighted by molar-refractivity contribution is 8.32. The van der Waals surface area contributed by atoms with Crippen LogP contribution in [0.3, 0.4) is 0 Å². The summed E-state index contributed by atoms with van der Waals surface area (Å²) in [5.41, 5.74) is -7.72. The zero-order valence-electron chi connectivity index (χ0n) is 24.6. The predicted molar refractivity (Wildman–Crippen MR) is 156 cm³/mol. The number of alkyl halides is 6. The van der Waals surface area contributed by atoms with Gasteiger partial charge in [-0.25, -0.2) is 14.7 Å². The minimum atomic E-state index is -5.94. The lowest BCUT2D eigenvalue weighted by Crippen LogP contribution is -2.36. The smallest absolute Gasteiger partial charge is 0.465 e. The third-order valence-corrected chi connectivity index (χ3v) is 9.79. The average Bonchev–Trinajstić information content (AvgIpc) is 3.36. The molecule has 0 saturated heterocycles. The first-order chi connectivity index (χ1) is 21.2. The molecule has 0 radical (unpaired) electrons. The van der Waals surface area contributed by atoms with Gasteiger partial charge in [0.05, 0.1) is 30.0 Å². The number of hydrogen-bond donors (Lipinski definition) is 0. The standard InChI is InChI=1S/C28H29F6N3O7S2/c1-45(2,3)13-12-43-26(40)23-17(15-37-25(39)21-14-18(27(29,30)31)7-11-22(21)35-36-37)6-10-20(23)24(38)16-4-8-19(9-5-16)44-46(41,42)28(32,33)34/h4-5,7-9,11,14,17,20,23H,6,10,12-13,15H2,1-3H3/t17-,20-,23-/m0/s1. The summed E-state index contributed by atoms with van der Waals surface area (Å²) >= 11 is 0. The molecule has 1 fully saturated rings. The Morgan fingerprint density at radius 1 is 0.978 bits per heavy atom. The summed E-state index contributed by atoms with van der Waals surface area (Å²) in [6, 6.07) is 6.29. The van der Waals surface area contributed by atoms with E-state index in [2.05, 4.69) is 14.5 Å². The molecule has 252 valence electrons. The van der Waals surface area contributed by atoms with Crippen LogP contribution in [0.15, 0.2) is 47.3 Å². The minimum Gasteiger partial charge on any atom is -0.465 e. The molecule has 1 aliphatic rings. The third kappa shape index (κ3) is 8.00. The van der Waals surface area contributed by atoms with Crippen LogP contribution in [-0.4, -0.2) is 71.8 Å². The normalized spacial score (nSPS) is 19.6. The van der Waals surface area contributed by atoms with Crippen LogP contribution in [0.4, 0.5) is 26.3 Å². The van der Waals surface area contributed by atoms with Crippen molar-refractivity contribution in [2.45, 2.75) is 31.1 Å². The number of ketones is 1. The van der Waals surface area contributed by atoms with Gasteiger partial charge in [-0.05, 0) is 80.0 Å². The summed E-state index contributed by atoms with van der Waals surface area (Å²) in [7, 11) is -7.00. The van der Waals surface area contributed by atoms with Crippen LogP contribution in [0.5, 0.6) is 5.75 Å². The Hall–Kier alpha value is -3.67. The Morgan fingerprint density at radius 3 is 2.22 bits per heavy atom. The fourth-order valence-corrected chi connectivity index (χ4v) is 6.12. The van der Waals surface area contributed by atoms with Crippen LogP contribution in [-0.2, 0) is 32.4 Å². The molecule has 0 N–H and O–H groups in total. The second kappa shape index (κ2) is 12.8. The molecule has 2 aromatic carbocycles. The fourth-order valence-electron chi connectivity index (χ4n) is 5.08. The van der Waals surface area contributed by atoms with Crippen LogP contribution in [0, 0.1) is 17.8 Å². The van der Waals surface area contributed by atoms with Gasteiger partial charge >= 0.3 is 27.8 Å². The van der Waals surface area contributed by atoms with Crippen LogP contribution >= 0.6 is 10.0 Å². The highest BCUT2D eigenvalue weighted by atomic mass is 32.3. The topological polar surface area (TPSA) is 135 Å². The molecule has 3 atom stereocenters. The molecule has 3 aromatic rings. The summed E-state index contributed by atoms with van der Waals surface area (Å²) in [6.45, 7) is -0.217. The number of hydrogen-bond acceptors (Lipinski definition) is 9. The second-order valence-electron chi connectivity index (χ2n) is 11.6. The second-order valence-corrected chi connectivity index (χ2v) is 17.7. The summed E-state index contributed by atoms with van der Waals surface area (Å²) in [4.78, 5) is 40.2. The molecule has 0 spiro atoms. The van der Waals surface area contributed by atoms with Gasteiger partial charge in [0, 0.05) is 17.2 Å². The van der Waals surface area contributed by atoms with Crippen molar-refractivity contribution in [1.82, 2.24) is 15.0 Å². The van der Waals surface area contributed by atoms with Gasteiger partial charge < -0.3 is 8.92 Å². The number of nitrogens with zero attached hydrogens (tertiary/aromatic N) is 3.